The maximum atomic E-state index is 13.8. The standard InChI is InChI=1S/C25H29BrN2O7S/c1-14-19-21(29)28(25(2,3)23(30)31)24(32)27(22(19)36-20(14)26)13-18(35-15-9-11-34-12-10-15)16-7-5-6-8-17(16)33-4/h5-8,15,18H,9-13H2,1-4H3,(H,30,31)/t18-/m0/s1. The molecule has 0 aliphatic carbocycles. The monoisotopic (exact) mass is 580 g/mol. The van der Waals surface area contributed by atoms with Gasteiger partial charge in [0, 0.05) is 18.8 Å². The SMILES string of the molecule is COc1ccccc1[C@H](Cn1c(=O)n(C(C)(C)C(=O)O)c(=O)c2c(C)c(Br)sc21)OC1CCOCC1. The Hall–Kier alpha value is -2.47. The van der Waals surface area contributed by atoms with E-state index in [4.69, 9.17) is 14.2 Å². The molecule has 1 aromatic carbocycles. The molecule has 36 heavy (non-hydrogen) atoms. The summed E-state index contributed by atoms with van der Waals surface area (Å²) in [7, 11) is 1.57. The van der Waals surface area contributed by atoms with Crippen LogP contribution in [0.3, 0.4) is 0 Å². The van der Waals surface area contributed by atoms with Gasteiger partial charge in [-0.1, -0.05) is 18.2 Å². The number of nitrogens with zero attached hydrogens (tertiary/aromatic N) is 2. The number of carbonyl (C=O) groups is 1. The van der Waals surface area contributed by atoms with E-state index in [1.54, 1.807) is 14.0 Å². The Morgan fingerprint density at radius 2 is 1.94 bits per heavy atom. The van der Waals surface area contributed by atoms with Crippen molar-refractivity contribution in [2.24, 2.45) is 0 Å². The summed E-state index contributed by atoms with van der Waals surface area (Å²) in [5.41, 5.74) is -1.68. The van der Waals surface area contributed by atoms with Gasteiger partial charge in [-0.2, -0.15) is 0 Å². The fourth-order valence-electron chi connectivity index (χ4n) is 4.43. The molecule has 3 heterocycles. The van der Waals surface area contributed by atoms with E-state index < -0.39 is 28.9 Å². The van der Waals surface area contributed by atoms with Crippen LogP contribution in [0.15, 0.2) is 37.6 Å². The van der Waals surface area contributed by atoms with E-state index >= 15 is 0 Å². The molecule has 2 aromatic heterocycles. The van der Waals surface area contributed by atoms with E-state index in [2.05, 4.69) is 15.9 Å². The second kappa shape index (κ2) is 10.5. The Morgan fingerprint density at radius 1 is 1.28 bits per heavy atom. The number of aliphatic carboxylic acids is 1. The lowest BCUT2D eigenvalue weighted by atomic mass is 10.0. The van der Waals surface area contributed by atoms with E-state index in [0.717, 1.165) is 10.1 Å². The molecule has 11 heteroatoms. The van der Waals surface area contributed by atoms with E-state index in [9.17, 15) is 19.5 Å². The summed E-state index contributed by atoms with van der Waals surface area (Å²) in [5, 5.41) is 10.2. The van der Waals surface area contributed by atoms with Crippen molar-refractivity contribution in [2.75, 3.05) is 20.3 Å². The van der Waals surface area contributed by atoms with Crippen molar-refractivity contribution in [3.8, 4) is 5.75 Å². The Balaban J connectivity index is 1.94. The average Bonchev–Trinajstić information content (AvgIpc) is 3.15. The first kappa shape index (κ1) is 26.6. The minimum absolute atomic E-state index is 0.0649. The topological polar surface area (TPSA) is 109 Å². The number of rotatable bonds is 8. The lowest BCUT2D eigenvalue weighted by Gasteiger charge is -2.30. The Bertz CT molecular complexity index is 1400. The molecule has 9 nitrogen and oxygen atoms in total. The maximum absolute atomic E-state index is 13.8. The Kier molecular flexibility index (Phi) is 7.75. The van der Waals surface area contributed by atoms with Gasteiger partial charge in [-0.05, 0) is 61.2 Å². The molecule has 0 amide bonds. The molecule has 4 rings (SSSR count). The van der Waals surface area contributed by atoms with Crippen molar-refractivity contribution >= 4 is 43.5 Å². The van der Waals surface area contributed by atoms with Crippen LogP contribution in [-0.2, 0) is 26.4 Å². The van der Waals surface area contributed by atoms with Gasteiger partial charge in [0.15, 0.2) is 0 Å². The van der Waals surface area contributed by atoms with E-state index in [1.807, 2.05) is 24.3 Å². The third kappa shape index (κ3) is 4.77. The molecule has 1 aliphatic heterocycles. The first-order valence-corrected chi connectivity index (χ1v) is 13.2. The van der Waals surface area contributed by atoms with E-state index in [0.29, 0.717) is 51.4 Å². The van der Waals surface area contributed by atoms with Crippen LogP contribution in [0.25, 0.3) is 10.2 Å². The normalized spacial score (nSPS) is 15.8. The van der Waals surface area contributed by atoms with Crippen LogP contribution in [0.5, 0.6) is 5.75 Å². The van der Waals surface area contributed by atoms with Gasteiger partial charge in [0.2, 0.25) is 0 Å². The number of para-hydroxylation sites is 1. The molecule has 1 aliphatic rings. The number of aryl methyl sites for hydroxylation is 1. The van der Waals surface area contributed by atoms with E-state index in [-0.39, 0.29) is 12.6 Å². The molecule has 1 N–H and O–H groups in total. The molecule has 1 saturated heterocycles. The highest BCUT2D eigenvalue weighted by atomic mass is 79.9. The lowest BCUT2D eigenvalue weighted by Crippen LogP contribution is -2.52. The summed E-state index contributed by atoms with van der Waals surface area (Å²) < 4.78 is 20.6. The zero-order chi connectivity index (χ0) is 26.2. The van der Waals surface area contributed by atoms with Crippen LogP contribution in [-0.4, -0.2) is 46.6 Å². The molecule has 3 aromatic rings. The van der Waals surface area contributed by atoms with Crippen LogP contribution in [0.2, 0.25) is 0 Å². The first-order valence-electron chi connectivity index (χ1n) is 11.6. The average molecular weight is 581 g/mol. The molecule has 0 saturated carbocycles. The quantitative estimate of drug-likeness (QED) is 0.428. The number of methoxy groups -OCH3 is 1. The highest BCUT2D eigenvalue weighted by molar-refractivity contribution is 9.11. The number of thiophene rings is 1. The molecule has 0 unspecified atom stereocenters. The number of carboxylic acids is 1. The van der Waals surface area contributed by atoms with Crippen LogP contribution < -0.4 is 16.0 Å². The number of hydrogen-bond acceptors (Lipinski definition) is 7. The lowest BCUT2D eigenvalue weighted by molar-refractivity contribution is -0.146. The summed E-state index contributed by atoms with van der Waals surface area (Å²) in [5.74, 6) is -0.666. The van der Waals surface area contributed by atoms with Gasteiger partial charge >= 0.3 is 11.7 Å². The molecule has 1 atom stereocenters. The predicted octanol–water partition coefficient (Wildman–Crippen LogP) is 4.06. The molecular weight excluding hydrogens is 552 g/mol. The minimum atomic E-state index is -1.76. The highest BCUT2D eigenvalue weighted by Gasteiger charge is 2.36. The van der Waals surface area contributed by atoms with Gasteiger partial charge in [-0.3, -0.25) is 9.36 Å². The van der Waals surface area contributed by atoms with Crippen molar-refractivity contribution in [1.82, 2.24) is 9.13 Å². The number of halogens is 1. The third-order valence-corrected chi connectivity index (χ3v) is 8.78. The van der Waals surface area contributed by atoms with Crippen molar-refractivity contribution in [1.29, 1.82) is 0 Å². The third-order valence-electron chi connectivity index (χ3n) is 6.60. The minimum Gasteiger partial charge on any atom is -0.496 e. The predicted molar refractivity (Wildman–Crippen MR) is 140 cm³/mol. The summed E-state index contributed by atoms with van der Waals surface area (Å²) in [4.78, 5) is 39.8. The Morgan fingerprint density at radius 3 is 2.58 bits per heavy atom. The zero-order valence-corrected chi connectivity index (χ0v) is 23.0. The highest BCUT2D eigenvalue weighted by Crippen LogP contribution is 2.36. The van der Waals surface area contributed by atoms with Gasteiger partial charge in [-0.15, -0.1) is 11.3 Å². The van der Waals surface area contributed by atoms with Crippen LogP contribution in [0.1, 0.15) is 43.9 Å². The molecule has 1 fully saturated rings. The van der Waals surface area contributed by atoms with Crippen molar-refractivity contribution in [3.05, 3.63) is 60.0 Å². The Labute approximate surface area is 220 Å². The fourth-order valence-corrected chi connectivity index (χ4v) is 6.11. The van der Waals surface area contributed by atoms with Gasteiger partial charge in [-0.25, -0.2) is 14.2 Å². The summed E-state index contributed by atoms with van der Waals surface area (Å²) in [6.45, 7) is 5.70. The number of fused-ring (bicyclic) bond motifs is 1. The number of carboxylic acid groups (broad SMARTS) is 1. The smallest absolute Gasteiger partial charge is 0.333 e. The molecule has 0 radical (unpaired) electrons. The van der Waals surface area contributed by atoms with Crippen LogP contribution >= 0.6 is 27.3 Å². The van der Waals surface area contributed by atoms with Crippen molar-refractivity contribution in [2.45, 2.75) is 57.9 Å². The van der Waals surface area contributed by atoms with E-state index in [1.165, 1.54) is 29.8 Å². The zero-order valence-electron chi connectivity index (χ0n) is 20.6. The first-order chi connectivity index (χ1) is 17.1. The molecule has 194 valence electrons. The van der Waals surface area contributed by atoms with Gasteiger partial charge < -0.3 is 19.3 Å². The summed E-state index contributed by atoms with van der Waals surface area (Å²) in [6.07, 6.45) is 0.749. The van der Waals surface area contributed by atoms with Gasteiger partial charge in [0.25, 0.3) is 5.56 Å². The van der Waals surface area contributed by atoms with Crippen molar-refractivity contribution < 1.29 is 24.1 Å². The second-order valence-corrected chi connectivity index (χ2v) is 11.6. The largest absolute Gasteiger partial charge is 0.496 e. The summed E-state index contributed by atoms with van der Waals surface area (Å²) in [6, 6.07) is 7.44. The molecule has 0 bridgehead atoms. The van der Waals surface area contributed by atoms with Gasteiger partial charge in [0.05, 0.1) is 28.9 Å². The number of hydrogen-bond donors (Lipinski definition) is 1. The summed E-state index contributed by atoms with van der Waals surface area (Å²) >= 11 is 4.76. The van der Waals surface area contributed by atoms with Crippen molar-refractivity contribution in [3.63, 3.8) is 0 Å². The molecular formula is C25H29BrN2O7S. The van der Waals surface area contributed by atoms with Gasteiger partial charge in [0.1, 0.15) is 22.2 Å². The molecule has 0 spiro atoms. The fraction of sp³-hybridized carbons (Fsp3) is 0.480. The number of benzene rings is 1. The second-order valence-electron chi connectivity index (χ2n) is 9.26. The number of aromatic nitrogens is 2. The van der Waals surface area contributed by atoms with Crippen LogP contribution in [0, 0.1) is 6.92 Å². The van der Waals surface area contributed by atoms with Crippen LogP contribution in [0.4, 0.5) is 0 Å². The number of ether oxygens (including phenoxy) is 3. The maximum Gasteiger partial charge on any atom is 0.333 e.